The molecule has 4 heteroatoms. The molecule has 3 nitrogen and oxygen atoms in total. The zero-order valence-corrected chi connectivity index (χ0v) is 14.1. The molecule has 0 aliphatic heterocycles. The van der Waals surface area contributed by atoms with Crippen molar-refractivity contribution in [2.24, 2.45) is 0 Å². The minimum absolute atomic E-state index is 0.101. The van der Waals surface area contributed by atoms with E-state index in [1.54, 1.807) is 0 Å². The van der Waals surface area contributed by atoms with Crippen molar-refractivity contribution >= 4 is 7.52 Å². The van der Waals surface area contributed by atoms with Crippen molar-refractivity contribution in [3.05, 3.63) is 108 Å². The van der Waals surface area contributed by atoms with Gasteiger partial charge in [0.15, 0.2) is 0 Å². The van der Waals surface area contributed by atoms with E-state index in [0.717, 1.165) is 16.7 Å². The van der Waals surface area contributed by atoms with E-state index in [4.69, 9.17) is 0 Å². The summed E-state index contributed by atoms with van der Waals surface area (Å²) in [5.74, 6) is 0. The molecule has 3 rings (SSSR count). The van der Waals surface area contributed by atoms with Gasteiger partial charge in [-0.2, -0.15) is 0 Å². The summed E-state index contributed by atoms with van der Waals surface area (Å²) in [6, 6.07) is 28.5. The number of hydrogen-bond donors (Lipinski definition) is 2. The predicted octanol–water partition coefficient (Wildman–Crippen LogP) is 4.75. The fourth-order valence-electron chi connectivity index (χ4n) is 2.71. The fraction of sp³-hybridized carbons (Fsp3) is 0.100. The van der Waals surface area contributed by atoms with Crippen LogP contribution in [0.3, 0.4) is 0 Å². The third-order valence-electron chi connectivity index (χ3n) is 3.84. The number of nitrogens with one attached hydrogen (secondary N) is 1. The van der Waals surface area contributed by atoms with Crippen LogP contribution < -0.4 is 5.09 Å². The van der Waals surface area contributed by atoms with Gasteiger partial charge in [-0.1, -0.05) is 91.0 Å². The first kappa shape index (κ1) is 16.7. The zero-order valence-electron chi connectivity index (χ0n) is 13.2. The van der Waals surface area contributed by atoms with Crippen LogP contribution in [0.5, 0.6) is 0 Å². The highest BCUT2D eigenvalue weighted by atomic mass is 31.2. The van der Waals surface area contributed by atoms with E-state index >= 15 is 0 Å². The van der Waals surface area contributed by atoms with E-state index in [1.807, 2.05) is 91.0 Å². The number of benzene rings is 3. The maximum atomic E-state index is 12.8. The first-order valence-corrected chi connectivity index (χ1v) is 9.72. The topological polar surface area (TPSA) is 49.3 Å². The summed E-state index contributed by atoms with van der Waals surface area (Å²) < 4.78 is 12.8. The van der Waals surface area contributed by atoms with E-state index in [1.165, 1.54) is 0 Å². The Labute approximate surface area is 142 Å². The van der Waals surface area contributed by atoms with Crippen molar-refractivity contribution in [1.29, 1.82) is 0 Å². The fourth-order valence-corrected chi connectivity index (χ4v) is 4.21. The lowest BCUT2D eigenvalue weighted by molar-refractivity contribution is 0.454. The Morgan fingerprint density at radius 3 is 1.62 bits per heavy atom. The number of hydrogen-bond acceptors (Lipinski definition) is 1. The van der Waals surface area contributed by atoms with E-state index in [0.29, 0.717) is 0 Å². The van der Waals surface area contributed by atoms with E-state index in [-0.39, 0.29) is 12.2 Å². The van der Waals surface area contributed by atoms with Crippen LogP contribution in [-0.4, -0.2) is 4.89 Å². The molecule has 122 valence electrons. The van der Waals surface area contributed by atoms with Crippen LogP contribution in [0.4, 0.5) is 0 Å². The largest absolute Gasteiger partial charge is 0.333 e. The van der Waals surface area contributed by atoms with Crippen LogP contribution in [-0.2, 0) is 10.7 Å². The van der Waals surface area contributed by atoms with Gasteiger partial charge in [-0.05, 0) is 16.7 Å². The highest BCUT2D eigenvalue weighted by molar-refractivity contribution is 7.55. The van der Waals surface area contributed by atoms with Crippen LogP contribution >= 0.6 is 7.52 Å². The molecular formula is C20H20NO2P. The highest BCUT2D eigenvalue weighted by Crippen LogP contribution is 2.44. The molecule has 0 saturated heterocycles. The minimum atomic E-state index is -3.55. The molecule has 2 N–H and O–H groups in total. The van der Waals surface area contributed by atoms with Gasteiger partial charge in [-0.15, -0.1) is 0 Å². The van der Waals surface area contributed by atoms with Gasteiger partial charge in [-0.3, -0.25) is 4.57 Å². The lowest BCUT2D eigenvalue weighted by Gasteiger charge is -2.23. The molecule has 0 aromatic heterocycles. The maximum absolute atomic E-state index is 12.8. The van der Waals surface area contributed by atoms with Crippen LogP contribution in [0.1, 0.15) is 22.7 Å². The first-order chi connectivity index (χ1) is 11.6. The van der Waals surface area contributed by atoms with Gasteiger partial charge < -0.3 is 4.89 Å². The quantitative estimate of drug-likeness (QED) is 0.638. The van der Waals surface area contributed by atoms with E-state index in [9.17, 15) is 9.46 Å². The number of rotatable bonds is 6. The summed E-state index contributed by atoms with van der Waals surface area (Å²) in [5, 5.41) is 2.99. The zero-order chi connectivity index (χ0) is 16.8. The molecule has 0 bridgehead atoms. The average Bonchev–Trinajstić information content (AvgIpc) is 2.62. The highest BCUT2D eigenvalue weighted by Gasteiger charge is 2.25. The van der Waals surface area contributed by atoms with E-state index in [2.05, 4.69) is 5.09 Å². The Hall–Kier alpha value is -2.19. The van der Waals surface area contributed by atoms with Crippen LogP contribution in [0, 0.1) is 0 Å². The van der Waals surface area contributed by atoms with Gasteiger partial charge in [0.05, 0.1) is 12.2 Å². The molecule has 0 radical (unpaired) electrons. The van der Waals surface area contributed by atoms with Crippen molar-refractivity contribution in [2.45, 2.75) is 12.2 Å². The Morgan fingerprint density at radius 1 is 0.750 bits per heavy atom. The SMILES string of the molecule is O=P(O)(Cc1ccccc1)NC(c1ccccc1)c1ccccc1. The van der Waals surface area contributed by atoms with Gasteiger partial charge in [0.25, 0.3) is 7.52 Å². The Morgan fingerprint density at radius 2 is 1.17 bits per heavy atom. The molecule has 0 aliphatic rings. The Balaban J connectivity index is 1.88. The molecule has 1 atom stereocenters. The summed E-state index contributed by atoms with van der Waals surface area (Å²) in [6.07, 6.45) is 0.101. The summed E-state index contributed by atoms with van der Waals surface area (Å²) in [6.45, 7) is 0. The normalized spacial score (nSPS) is 13.6. The molecule has 3 aromatic carbocycles. The third kappa shape index (κ3) is 4.42. The van der Waals surface area contributed by atoms with Crippen LogP contribution in [0.2, 0.25) is 0 Å². The van der Waals surface area contributed by atoms with Gasteiger partial charge in [0, 0.05) is 0 Å². The molecule has 0 aliphatic carbocycles. The lowest BCUT2D eigenvalue weighted by atomic mass is 10.00. The average molecular weight is 337 g/mol. The summed E-state index contributed by atoms with van der Waals surface area (Å²) in [4.78, 5) is 10.5. The van der Waals surface area contributed by atoms with Crippen molar-refractivity contribution < 1.29 is 9.46 Å². The molecule has 24 heavy (non-hydrogen) atoms. The predicted molar refractivity (Wildman–Crippen MR) is 97.8 cm³/mol. The summed E-state index contributed by atoms with van der Waals surface area (Å²) in [5.41, 5.74) is 2.77. The van der Waals surface area contributed by atoms with Crippen molar-refractivity contribution in [1.82, 2.24) is 5.09 Å². The molecule has 3 aromatic rings. The molecule has 0 spiro atoms. The smallest absolute Gasteiger partial charge is 0.272 e. The standard InChI is InChI=1S/C20H20NO2P/c22-24(23,16-17-10-4-1-5-11-17)21-20(18-12-6-2-7-13-18)19-14-8-3-9-15-19/h1-15,20H,16H2,(H2,21,22,23). The van der Waals surface area contributed by atoms with Gasteiger partial charge in [-0.25, -0.2) is 5.09 Å². The lowest BCUT2D eigenvalue weighted by Crippen LogP contribution is -2.20. The van der Waals surface area contributed by atoms with Gasteiger partial charge in [0.2, 0.25) is 0 Å². The molecule has 0 fully saturated rings. The molecule has 0 amide bonds. The summed E-state index contributed by atoms with van der Waals surface area (Å²) in [7, 11) is -3.55. The van der Waals surface area contributed by atoms with Crippen molar-refractivity contribution in [3.63, 3.8) is 0 Å². The first-order valence-electron chi connectivity index (χ1n) is 7.87. The summed E-state index contributed by atoms with van der Waals surface area (Å²) >= 11 is 0. The van der Waals surface area contributed by atoms with Crippen LogP contribution in [0.25, 0.3) is 0 Å². The second-order valence-corrected chi connectivity index (χ2v) is 7.71. The minimum Gasteiger partial charge on any atom is -0.333 e. The monoisotopic (exact) mass is 337 g/mol. The van der Waals surface area contributed by atoms with Crippen LogP contribution in [0.15, 0.2) is 91.0 Å². The maximum Gasteiger partial charge on any atom is 0.272 e. The second-order valence-electron chi connectivity index (χ2n) is 5.73. The van der Waals surface area contributed by atoms with Crippen molar-refractivity contribution in [2.75, 3.05) is 0 Å². The van der Waals surface area contributed by atoms with Gasteiger partial charge >= 0.3 is 0 Å². The Bertz CT molecular complexity index is 767. The van der Waals surface area contributed by atoms with Gasteiger partial charge in [0.1, 0.15) is 0 Å². The Kier molecular flexibility index (Phi) is 5.27. The molecular weight excluding hydrogens is 317 g/mol. The molecule has 0 saturated carbocycles. The third-order valence-corrected chi connectivity index (χ3v) is 5.29. The van der Waals surface area contributed by atoms with E-state index < -0.39 is 7.52 Å². The van der Waals surface area contributed by atoms with Crippen molar-refractivity contribution in [3.8, 4) is 0 Å². The second kappa shape index (κ2) is 7.59. The molecule has 0 heterocycles. The molecule has 1 unspecified atom stereocenters.